The first-order chi connectivity index (χ1) is 9.44. The van der Waals surface area contributed by atoms with E-state index < -0.39 is 0 Å². The van der Waals surface area contributed by atoms with Gasteiger partial charge in [0, 0.05) is 11.1 Å². The number of carbonyl (C=O) groups is 1. The van der Waals surface area contributed by atoms with Gasteiger partial charge in [-0.1, -0.05) is 30.3 Å². The Morgan fingerprint density at radius 2 is 1.75 bits per heavy atom. The number of aromatic nitrogens is 1. The first-order valence-electron chi connectivity index (χ1n) is 6.55. The van der Waals surface area contributed by atoms with E-state index in [1.807, 2.05) is 63.2 Å². The molecule has 2 amide bonds. The SMILES string of the molecule is CC(C)(C)NC(=O)Nc1ccc(-c2ccccc2)nc1. The van der Waals surface area contributed by atoms with Crippen molar-refractivity contribution in [1.29, 1.82) is 0 Å². The number of carbonyl (C=O) groups excluding carboxylic acids is 1. The van der Waals surface area contributed by atoms with Crippen LogP contribution in [0.4, 0.5) is 10.5 Å². The predicted molar refractivity (Wildman–Crippen MR) is 81.6 cm³/mol. The number of pyridine rings is 1. The van der Waals surface area contributed by atoms with Crippen LogP contribution in [0.3, 0.4) is 0 Å². The van der Waals surface area contributed by atoms with Gasteiger partial charge in [0.1, 0.15) is 0 Å². The lowest BCUT2D eigenvalue weighted by atomic mass is 10.1. The van der Waals surface area contributed by atoms with Crippen LogP contribution in [0, 0.1) is 0 Å². The van der Waals surface area contributed by atoms with Gasteiger partial charge < -0.3 is 10.6 Å². The lowest BCUT2D eigenvalue weighted by Crippen LogP contribution is -2.43. The standard InChI is InChI=1S/C16H19N3O/c1-16(2,3)19-15(20)18-13-9-10-14(17-11-13)12-7-5-4-6-8-12/h4-11H,1-3H3,(H2,18,19,20). The molecular formula is C16H19N3O. The topological polar surface area (TPSA) is 54.0 Å². The molecule has 0 saturated carbocycles. The van der Waals surface area contributed by atoms with Crippen LogP contribution < -0.4 is 10.6 Å². The highest BCUT2D eigenvalue weighted by atomic mass is 16.2. The summed E-state index contributed by atoms with van der Waals surface area (Å²) >= 11 is 0. The molecule has 104 valence electrons. The zero-order chi connectivity index (χ0) is 14.6. The van der Waals surface area contributed by atoms with Gasteiger partial charge in [0.2, 0.25) is 0 Å². The summed E-state index contributed by atoms with van der Waals surface area (Å²) in [5.41, 5.74) is 2.35. The molecule has 0 fully saturated rings. The first kappa shape index (κ1) is 14.1. The third-order valence-electron chi connectivity index (χ3n) is 2.58. The molecule has 1 aromatic carbocycles. The number of amides is 2. The fourth-order valence-electron chi connectivity index (χ4n) is 1.75. The Labute approximate surface area is 119 Å². The van der Waals surface area contributed by atoms with Gasteiger partial charge in [-0.3, -0.25) is 4.98 Å². The van der Waals surface area contributed by atoms with E-state index >= 15 is 0 Å². The lowest BCUT2D eigenvalue weighted by Gasteiger charge is -2.20. The molecule has 0 saturated heterocycles. The summed E-state index contributed by atoms with van der Waals surface area (Å²) in [4.78, 5) is 16.1. The second kappa shape index (κ2) is 5.74. The molecule has 2 aromatic rings. The normalized spacial score (nSPS) is 10.9. The molecule has 0 aliphatic carbocycles. The smallest absolute Gasteiger partial charge is 0.319 e. The molecule has 4 heteroatoms. The second-order valence-electron chi connectivity index (χ2n) is 5.63. The number of hydrogen-bond donors (Lipinski definition) is 2. The van der Waals surface area contributed by atoms with Crippen molar-refractivity contribution >= 4 is 11.7 Å². The van der Waals surface area contributed by atoms with E-state index in [9.17, 15) is 4.79 Å². The Morgan fingerprint density at radius 3 is 2.30 bits per heavy atom. The highest BCUT2D eigenvalue weighted by molar-refractivity contribution is 5.89. The van der Waals surface area contributed by atoms with Crippen LogP contribution in [0.15, 0.2) is 48.7 Å². The molecule has 0 atom stereocenters. The van der Waals surface area contributed by atoms with Gasteiger partial charge in [0.05, 0.1) is 17.6 Å². The molecule has 0 aliphatic heterocycles. The minimum Gasteiger partial charge on any atom is -0.333 e. The van der Waals surface area contributed by atoms with Crippen molar-refractivity contribution in [3.8, 4) is 11.3 Å². The number of nitrogens with zero attached hydrogens (tertiary/aromatic N) is 1. The van der Waals surface area contributed by atoms with E-state index in [-0.39, 0.29) is 11.6 Å². The number of nitrogens with one attached hydrogen (secondary N) is 2. The molecule has 0 radical (unpaired) electrons. The average molecular weight is 269 g/mol. The Bertz CT molecular complexity index is 571. The third kappa shape index (κ3) is 4.09. The van der Waals surface area contributed by atoms with Gasteiger partial charge in [-0.15, -0.1) is 0 Å². The molecule has 2 rings (SSSR count). The number of benzene rings is 1. The summed E-state index contributed by atoms with van der Waals surface area (Å²) in [6.45, 7) is 5.80. The predicted octanol–water partition coefficient (Wildman–Crippen LogP) is 3.67. The number of rotatable bonds is 2. The van der Waals surface area contributed by atoms with Crippen molar-refractivity contribution in [3.05, 3.63) is 48.7 Å². The highest BCUT2D eigenvalue weighted by Gasteiger charge is 2.13. The van der Waals surface area contributed by atoms with Gasteiger partial charge in [-0.05, 0) is 32.9 Å². The van der Waals surface area contributed by atoms with E-state index in [0.29, 0.717) is 5.69 Å². The van der Waals surface area contributed by atoms with Crippen LogP contribution in [-0.2, 0) is 0 Å². The van der Waals surface area contributed by atoms with Crippen molar-refractivity contribution in [2.24, 2.45) is 0 Å². The Kier molecular flexibility index (Phi) is 4.03. The largest absolute Gasteiger partial charge is 0.333 e. The molecule has 0 aliphatic rings. The monoisotopic (exact) mass is 269 g/mol. The van der Waals surface area contributed by atoms with Crippen LogP contribution in [0.2, 0.25) is 0 Å². The van der Waals surface area contributed by atoms with Gasteiger partial charge >= 0.3 is 6.03 Å². The maximum atomic E-state index is 11.7. The summed E-state index contributed by atoms with van der Waals surface area (Å²) in [6.07, 6.45) is 1.66. The quantitative estimate of drug-likeness (QED) is 0.874. The maximum absolute atomic E-state index is 11.7. The fourth-order valence-corrected chi connectivity index (χ4v) is 1.75. The molecule has 1 aromatic heterocycles. The van der Waals surface area contributed by atoms with E-state index in [1.165, 1.54) is 0 Å². The molecule has 0 bridgehead atoms. The molecule has 20 heavy (non-hydrogen) atoms. The average Bonchev–Trinajstić information content (AvgIpc) is 2.38. The molecule has 2 N–H and O–H groups in total. The summed E-state index contributed by atoms with van der Waals surface area (Å²) in [7, 11) is 0. The second-order valence-corrected chi connectivity index (χ2v) is 5.63. The number of hydrogen-bond acceptors (Lipinski definition) is 2. The Morgan fingerprint density at radius 1 is 1.05 bits per heavy atom. The van der Waals surface area contributed by atoms with Crippen LogP contribution in [-0.4, -0.2) is 16.6 Å². The van der Waals surface area contributed by atoms with Crippen molar-refractivity contribution in [1.82, 2.24) is 10.3 Å². The fraction of sp³-hybridized carbons (Fsp3) is 0.250. The van der Waals surface area contributed by atoms with Crippen LogP contribution >= 0.6 is 0 Å². The van der Waals surface area contributed by atoms with E-state index in [0.717, 1.165) is 11.3 Å². The van der Waals surface area contributed by atoms with Gasteiger partial charge in [0.25, 0.3) is 0 Å². The molecule has 4 nitrogen and oxygen atoms in total. The van der Waals surface area contributed by atoms with E-state index in [2.05, 4.69) is 15.6 Å². The number of urea groups is 1. The van der Waals surface area contributed by atoms with Crippen molar-refractivity contribution in [2.75, 3.05) is 5.32 Å². The van der Waals surface area contributed by atoms with Crippen molar-refractivity contribution < 1.29 is 4.79 Å². The van der Waals surface area contributed by atoms with E-state index in [1.54, 1.807) is 6.20 Å². The zero-order valence-electron chi connectivity index (χ0n) is 12.0. The first-order valence-corrected chi connectivity index (χ1v) is 6.55. The van der Waals surface area contributed by atoms with Crippen molar-refractivity contribution in [3.63, 3.8) is 0 Å². The Balaban J connectivity index is 2.04. The molecule has 0 unspecified atom stereocenters. The van der Waals surface area contributed by atoms with Gasteiger partial charge in [-0.2, -0.15) is 0 Å². The third-order valence-corrected chi connectivity index (χ3v) is 2.58. The molecule has 0 spiro atoms. The highest BCUT2D eigenvalue weighted by Crippen LogP contribution is 2.17. The molecular weight excluding hydrogens is 250 g/mol. The minimum atomic E-state index is -0.262. The summed E-state index contributed by atoms with van der Waals surface area (Å²) < 4.78 is 0. The minimum absolute atomic E-state index is 0.230. The zero-order valence-corrected chi connectivity index (χ0v) is 12.0. The summed E-state index contributed by atoms with van der Waals surface area (Å²) in [6, 6.07) is 13.4. The molecule has 1 heterocycles. The van der Waals surface area contributed by atoms with Crippen LogP contribution in [0.5, 0.6) is 0 Å². The van der Waals surface area contributed by atoms with Crippen molar-refractivity contribution in [2.45, 2.75) is 26.3 Å². The number of anilines is 1. The van der Waals surface area contributed by atoms with Gasteiger partial charge in [-0.25, -0.2) is 4.79 Å². The van der Waals surface area contributed by atoms with Crippen LogP contribution in [0.1, 0.15) is 20.8 Å². The lowest BCUT2D eigenvalue weighted by molar-refractivity contribution is 0.244. The maximum Gasteiger partial charge on any atom is 0.319 e. The summed E-state index contributed by atoms with van der Waals surface area (Å²) in [5.74, 6) is 0. The Hall–Kier alpha value is -2.36. The van der Waals surface area contributed by atoms with E-state index in [4.69, 9.17) is 0 Å². The van der Waals surface area contributed by atoms with Crippen LogP contribution in [0.25, 0.3) is 11.3 Å². The van der Waals surface area contributed by atoms with Gasteiger partial charge in [0.15, 0.2) is 0 Å². The summed E-state index contributed by atoms with van der Waals surface area (Å²) in [5, 5.41) is 5.60.